The number of benzene rings is 2. The number of aryl methyl sites for hydroxylation is 1. The van der Waals surface area contributed by atoms with Gasteiger partial charge in [-0.3, -0.25) is 19.2 Å². The predicted octanol–water partition coefficient (Wildman–Crippen LogP) is 6.84. The molecular formula is C49H63N9O6S. The fourth-order valence-electron chi connectivity index (χ4n) is 9.04. The van der Waals surface area contributed by atoms with Crippen molar-refractivity contribution in [2.75, 3.05) is 23.7 Å². The summed E-state index contributed by atoms with van der Waals surface area (Å²) >= 11 is 1.58. The van der Waals surface area contributed by atoms with E-state index in [-0.39, 0.29) is 54.9 Å². The number of β-amino-alcohol motifs (C(OH)–C–C–N with tert-alkyl or cyclic N) is 1. The van der Waals surface area contributed by atoms with Gasteiger partial charge in [-0.2, -0.15) is 0 Å². The topological polar surface area (TPSA) is 207 Å². The number of aliphatic hydroxyl groups is 1. The van der Waals surface area contributed by atoms with E-state index in [1.807, 2.05) is 80.7 Å². The second-order valence-corrected chi connectivity index (χ2v) is 19.5. The predicted molar refractivity (Wildman–Crippen MR) is 252 cm³/mol. The molecule has 2 fully saturated rings. The molecule has 2 saturated heterocycles. The molecule has 0 aliphatic carbocycles. The Hall–Kier alpha value is -5.87. The lowest BCUT2D eigenvalue weighted by molar-refractivity contribution is -0.144. The smallest absolute Gasteiger partial charge is 0.246 e. The lowest BCUT2D eigenvalue weighted by atomic mass is 9.85. The minimum Gasteiger partial charge on any atom is -0.507 e. The van der Waals surface area contributed by atoms with Crippen LogP contribution in [-0.4, -0.2) is 96.1 Å². The number of nitrogens with two attached hydrogens (primary N) is 1. The number of nitrogen functional groups attached to an aromatic ring is 1. The van der Waals surface area contributed by atoms with Gasteiger partial charge in [-0.1, -0.05) is 95.7 Å². The van der Waals surface area contributed by atoms with E-state index in [9.17, 15) is 29.4 Å². The number of thiazole rings is 1. The fraction of sp³-hybridized carbons (Fsp3) is 0.490. The van der Waals surface area contributed by atoms with Crippen LogP contribution >= 0.6 is 11.3 Å². The van der Waals surface area contributed by atoms with Crippen molar-refractivity contribution in [3.05, 3.63) is 83.3 Å². The number of nitrogens with zero attached hydrogens (tertiary/aromatic N) is 6. The number of phenols is 1. The minimum absolute atomic E-state index is 0.0295. The molecule has 3 aliphatic rings. The lowest BCUT2D eigenvalue weighted by Crippen LogP contribution is -2.57. The number of likely N-dealkylation sites (tertiary alicyclic amines) is 1. The molecule has 6 N–H and O–H groups in total. The number of rotatable bonds is 19. The molecule has 4 amide bonds. The van der Waals surface area contributed by atoms with Gasteiger partial charge in [0.15, 0.2) is 5.82 Å². The van der Waals surface area contributed by atoms with Crippen molar-refractivity contribution in [3.8, 4) is 27.4 Å². The van der Waals surface area contributed by atoms with Gasteiger partial charge in [0, 0.05) is 62.8 Å². The summed E-state index contributed by atoms with van der Waals surface area (Å²) in [6.07, 6.45) is 10.3. The van der Waals surface area contributed by atoms with Crippen molar-refractivity contribution in [1.29, 1.82) is 0 Å². The van der Waals surface area contributed by atoms with Crippen LogP contribution in [0.3, 0.4) is 0 Å². The Bertz CT molecular complexity index is 2360. The number of aliphatic hydroxyl groups excluding tert-OH is 1. The first kappa shape index (κ1) is 47.1. The fourth-order valence-corrected chi connectivity index (χ4v) is 9.85. The number of carbonyl (C=O) groups is 4. The Morgan fingerprint density at radius 3 is 2.26 bits per heavy atom. The standard InChI is InChI=1S/C49H63N9O6S/c1-31-44(65-30-52-31)33-21-19-32(20-22-33)26-51-47(63)40-24-36(59)29-58(40)48(64)45(49(2,3)4)53-42(61)17-11-9-7-5-6-8-10-12-18-43(62)57-28-34-23-35(57)27-56(34)39-25-38(54-55-46(39)50)37-15-13-14-16-41(37)60/h13-16,19-22,25,28,30,35-36,40,45,59-60H,5-12,17-18,23-24,26-27,29H2,1-4H3,(H2,50,55)(H,51,63)(H,53,61)/t35?,36-,40+,45?/m1/s1. The second-order valence-electron chi connectivity index (χ2n) is 18.7. The molecule has 2 aromatic heterocycles. The molecule has 5 heterocycles. The summed E-state index contributed by atoms with van der Waals surface area (Å²) in [5.41, 5.74) is 13.2. The van der Waals surface area contributed by atoms with Gasteiger partial charge in [0.1, 0.15) is 17.8 Å². The Labute approximate surface area is 385 Å². The third kappa shape index (κ3) is 11.5. The SMILES string of the molecule is Cc1ncsc1-c1ccc(CNC(=O)[C@@H]2C[C@@H](O)CN2C(=O)C(NC(=O)CCCCCCCCCCC(=O)N2C=C3CC2CN3c2cc(-c3ccccc3O)nnc2N)C(C)(C)C)cc1. The number of fused-ring (bicyclic) bond motifs is 2. The Morgan fingerprint density at radius 1 is 0.923 bits per heavy atom. The van der Waals surface area contributed by atoms with E-state index in [0.717, 1.165) is 84.4 Å². The van der Waals surface area contributed by atoms with Crippen LogP contribution in [0.4, 0.5) is 11.5 Å². The summed E-state index contributed by atoms with van der Waals surface area (Å²) in [5.74, 6) is -0.349. The van der Waals surface area contributed by atoms with Gasteiger partial charge in [-0.15, -0.1) is 21.5 Å². The van der Waals surface area contributed by atoms with E-state index in [1.54, 1.807) is 29.5 Å². The zero-order valence-corrected chi connectivity index (χ0v) is 38.8. The van der Waals surface area contributed by atoms with Crippen LogP contribution in [0.1, 0.15) is 109 Å². The van der Waals surface area contributed by atoms with Gasteiger partial charge in [0.05, 0.1) is 39.6 Å². The Morgan fingerprint density at radius 2 is 1.62 bits per heavy atom. The van der Waals surface area contributed by atoms with Crippen LogP contribution in [-0.2, 0) is 25.7 Å². The molecule has 2 unspecified atom stereocenters. The van der Waals surface area contributed by atoms with Crippen LogP contribution in [0, 0.1) is 12.3 Å². The maximum absolute atomic E-state index is 14.0. The molecular weight excluding hydrogens is 843 g/mol. The number of aromatic hydroxyl groups is 1. The molecule has 7 rings (SSSR count). The van der Waals surface area contributed by atoms with Crippen molar-refractivity contribution >= 4 is 46.5 Å². The molecule has 0 spiro atoms. The maximum Gasteiger partial charge on any atom is 0.246 e. The van der Waals surface area contributed by atoms with Crippen LogP contribution in [0.2, 0.25) is 0 Å². The van der Waals surface area contributed by atoms with Gasteiger partial charge in [0.2, 0.25) is 23.6 Å². The molecule has 4 atom stereocenters. The first-order chi connectivity index (χ1) is 31.2. The zero-order valence-electron chi connectivity index (χ0n) is 38.0. The summed E-state index contributed by atoms with van der Waals surface area (Å²) in [6.45, 7) is 8.58. The van der Waals surface area contributed by atoms with E-state index >= 15 is 0 Å². The molecule has 15 nitrogen and oxygen atoms in total. The summed E-state index contributed by atoms with van der Waals surface area (Å²) in [5, 5.41) is 35.2. The average Bonchev–Trinajstić information content (AvgIpc) is 4.10. The molecule has 2 bridgehead atoms. The van der Waals surface area contributed by atoms with Gasteiger partial charge in [-0.05, 0) is 54.5 Å². The van der Waals surface area contributed by atoms with Crippen molar-refractivity contribution in [1.82, 2.24) is 35.6 Å². The summed E-state index contributed by atoms with van der Waals surface area (Å²) < 4.78 is 0. The van der Waals surface area contributed by atoms with E-state index in [2.05, 4.69) is 30.7 Å². The number of amides is 4. The number of aromatic nitrogens is 3. The number of hydrogen-bond acceptors (Lipinski definition) is 12. The van der Waals surface area contributed by atoms with Crippen molar-refractivity contribution in [2.45, 2.75) is 136 Å². The number of nitrogens with one attached hydrogen (secondary N) is 2. The molecule has 4 aromatic rings. The van der Waals surface area contributed by atoms with Crippen molar-refractivity contribution in [2.24, 2.45) is 5.41 Å². The number of anilines is 2. The second kappa shape index (κ2) is 21.0. The monoisotopic (exact) mass is 905 g/mol. The number of carbonyl (C=O) groups excluding carboxylic acids is 4. The number of unbranched alkanes of at least 4 members (excludes halogenated alkanes) is 7. The van der Waals surface area contributed by atoms with E-state index < -0.39 is 23.6 Å². The highest BCUT2D eigenvalue weighted by Crippen LogP contribution is 2.40. The number of para-hydroxylation sites is 1. The first-order valence-corrected chi connectivity index (χ1v) is 23.8. The highest BCUT2D eigenvalue weighted by atomic mass is 32.1. The number of hydrogen-bond donors (Lipinski definition) is 5. The molecule has 0 radical (unpaired) electrons. The van der Waals surface area contributed by atoms with Crippen molar-refractivity contribution < 1.29 is 29.4 Å². The minimum atomic E-state index is -0.855. The highest BCUT2D eigenvalue weighted by Gasteiger charge is 2.45. The zero-order chi connectivity index (χ0) is 46.3. The third-order valence-electron chi connectivity index (χ3n) is 12.7. The van der Waals surface area contributed by atoms with Crippen molar-refractivity contribution in [3.63, 3.8) is 0 Å². The number of phenolic OH excluding ortho intramolecular Hbond substituents is 1. The molecule has 16 heteroatoms. The van der Waals surface area contributed by atoms with Crippen LogP contribution in [0.5, 0.6) is 5.75 Å². The van der Waals surface area contributed by atoms with Gasteiger partial charge in [-0.25, -0.2) is 4.98 Å². The molecule has 2 aromatic carbocycles. The van der Waals surface area contributed by atoms with Gasteiger partial charge < -0.3 is 41.3 Å². The lowest BCUT2D eigenvalue weighted by Gasteiger charge is -2.35. The summed E-state index contributed by atoms with van der Waals surface area (Å²) in [4.78, 5) is 64.6. The average molecular weight is 906 g/mol. The molecule has 65 heavy (non-hydrogen) atoms. The van der Waals surface area contributed by atoms with Gasteiger partial charge in [0.25, 0.3) is 0 Å². The van der Waals surface area contributed by atoms with Crippen LogP contribution in [0.25, 0.3) is 21.7 Å². The quantitative estimate of drug-likeness (QED) is 0.0616. The Balaban J connectivity index is 0.775. The molecule has 3 aliphatic heterocycles. The van der Waals surface area contributed by atoms with E-state index in [4.69, 9.17) is 5.73 Å². The third-order valence-corrected chi connectivity index (χ3v) is 13.7. The molecule has 0 saturated carbocycles. The first-order valence-electron chi connectivity index (χ1n) is 22.9. The van der Waals surface area contributed by atoms with E-state index in [0.29, 0.717) is 42.9 Å². The molecule has 346 valence electrons. The van der Waals surface area contributed by atoms with Crippen LogP contribution < -0.4 is 21.3 Å². The van der Waals surface area contributed by atoms with E-state index in [1.165, 1.54) is 4.90 Å². The summed E-state index contributed by atoms with van der Waals surface area (Å²) in [6, 6.07) is 15.1. The maximum atomic E-state index is 14.0. The normalized spacial score (nSPS) is 18.5. The highest BCUT2D eigenvalue weighted by molar-refractivity contribution is 7.13. The summed E-state index contributed by atoms with van der Waals surface area (Å²) in [7, 11) is 0. The van der Waals surface area contributed by atoms with Gasteiger partial charge >= 0.3 is 0 Å². The van der Waals surface area contributed by atoms with Crippen LogP contribution in [0.15, 0.2) is 72.0 Å². The largest absolute Gasteiger partial charge is 0.507 e. The Kier molecular flexibility index (Phi) is 15.2.